The zero-order valence-corrected chi connectivity index (χ0v) is 17.6. The number of urea groups is 1. The minimum absolute atomic E-state index is 0.112. The van der Waals surface area contributed by atoms with Crippen LogP contribution in [0.1, 0.15) is 23.6 Å². The van der Waals surface area contributed by atoms with Gasteiger partial charge in [0, 0.05) is 60.8 Å². The molecule has 1 aliphatic heterocycles. The number of imidazole rings is 1. The van der Waals surface area contributed by atoms with Crippen LogP contribution in [0.4, 0.5) is 18.0 Å². The third-order valence-corrected chi connectivity index (χ3v) is 5.47. The van der Waals surface area contributed by atoms with Crippen molar-refractivity contribution in [2.24, 2.45) is 0 Å². The van der Waals surface area contributed by atoms with Crippen LogP contribution >= 0.6 is 0 Å². The van der Waals surface area contributed by atoms with Gasteiger partial charge in [0.2, 0.25) is 0 Å². The highest BCUT2D eigenvalue weighted by atomic mass is 19.4. The Hall–Kier alpha value is -3.60. The standard InChI is InChI=1S/C22H24F3N7O/c23-22(24,25)13-30-21(33)31-17-3-1-2-15(6-17)19-12-29-20-7-14(4-5-32(19)20)16(8-26)9-28-18-10-27-11-18/h1-5,7-9,12,15,18,26-28H,6,10-11,13H2,(H2,30,31,33)/b16-9+,26-8?. The normalized spacial score (nSPS) is 19.1. The van der Waals surface area contributed by atoms with Gasteiger partial charge in [0.1, 0.15) is 12.2 Å². The molecule has 0 bridgehead atoms. The summed E-state index contributed by atoms with van der Waals surface area (Å²) in [5.41, 5.74) is 3.71. The van der Waals surface area contributed by atoms with Gasteiger partial charge in [-0.1, -0.05) is 12.2 Å². The summed E-state index contributed by atoms with van der Waals surface area (Å²) < 4.78 is 38.8. The summed E-state index contributed by atoms with van der Waals surface area (Å²) in [7, 11) is 0. The van der Waals surface area contributed by atoms with Crippen LogP contribution in [0.15, 0.2) is 54.7 Å². The number of hydrogen-bond acceptors (Lipinski definition) is 5. The lowest BCUT2D eigenvalue weighted by Crippen LogP contribution is -2.53. The van der Waals surface area contributed by atoms with Crippen molar-refractivity contribution in [1.29, 1.82) is 5.41 Å². The van der Waals surface area contributed by atoms with Crippen LogP contribution < -0.4 is 21.3 Å². The molecule has 0 saturated carbocycles. The average Bonchev–Trinajstić information content (AvgIpc) is 3.17. The lowest BCUT2D eigenvalue weighted by Gasteiger charge is -2.27. The molecule has 2 aromatic rings. The fourth-order valence-corrected chi connectivity index (χ4v) is 3.62. The molecule has 1 aliphatic carbocycles. The van der Waals surface area contributed by atoms with Crippen molar-refractivity contribution < 1.29 is 18.0 Å². The lowest BCUT2D eigenvalue weighted by molar-refractivity contribution is -0.122. The first-order valence-corrected chi connectivity index (χ1v) is 10.5. The largest absolute Gasteiger partial charge is 0.405 e. The number of amides is 2. The molecule has 2 aliphatic rings. The fraction of sp³-hybridized carbons (Fsp3) is 0.318. The van der Waals surface area contributed by atoms with Crippen molar-refractivity contribution in [3.63, 3.8) is 0 Å². The molecule has 1 fully saturated rings. The van der Waals surface area contributed by atoms with Gasteiger partial charge in [0.05, 0.1) is 6.04 Å². The average molecular weight is 459 g/mol. The Morgan fingerprint density at radius 2 is 2.18 bits per heavy atom. The quantitative estimate of drug-likeness (QED) is 0.411. The lowest BCUT2D eigenvalue weighted by atomic mass is 9.95. The molecule has 3 heterocycles. The van der Waals surface area contributed by atoms with Crippen molar-refractivity contribution in [2.75, 3.05) is 19.6 Å². The third-order valence-electron chi connectivity index (χ3n) is 5.47. The summed E-state index contributed by atoms with van der Waals surface area (Å²) in [6.45, 7) is 0.406. The van der Waals surface area contributed by atoms with Gasteiger partial charge in [-0.05, 0) is 30.2 Å². The molecule has 0 aromatic carbocycles. The van der Waals surface area contributed by atoms with E-state index < -0.39 is 18.8 Å². The molecule has 33 heavy (non-hydrogen) atoms. The number of fused-ring (bicyclic) bond motifs is 1. The summed E-state index contributed by atoms with van der Waals surface area (Å²) in [5.74, 6) is -0.112. The predicted molar refractivity (Wildman–Crippen MR) is 119 cm³/mol. The molecule has 4 rings (SSSR count). The van der Waals surface area contributed by atoms with E-state index in [1.165, 1.54) is 6.21 Å². The highest BCUT2D eigenvalue weighted by Crippen LogP contribution is 2.29. The van der Waals surface area contributed by atoms with Gasteiger partial charge in [0.15, 0.2) is 0 Å². The first-order chi connectivity index (χ1) is 15.8. The molecule has 0 radical (unpaired) electrons. The number of aromatic nitrogens is 2. The van der Waals surface area contributed by atoms with Crippen molar-refractivity contribution >= 4 is 23.5 Å². The molecule has 11 heteroatoms. The Kier molecular flexibility index (Phi) is 6.50. The van der Waals surface area contributed by atoms with E-state index in [9.17, 15) is 18.0 Å². The van der Waals surface area contributed by atoms with E-state index >= 15 is 0 Å². The van der Waals surface area contributed by atoms with Gasteiger partial charge in [-0.2, -0.15) is 13.2 Å². The second-order valence-corrected chi connectivity index (χ2v) is 7.90. The number of hydrogen-bond donors (Lipinski definition) is 5. The summed E-state index contributed by atoms with van der Waals surface area (Å²) in [6.07, 6.45) is 8.09. The zero-order chi connectivity index (χ0) is 23.4. The second-order valence-electron chi connectivity index (χ2n) is 7.90. The summed E-state index contributed by atoms with van der Waals surface area (Å²) >= 11 is 0. The molecule has 2 amide bonds. The number of carbonyl (C=O) groups is 1. The van der Waals surface area contributed by atoms with Gasteiger partial charge < -0.3 is 31.1 Å². The Morgan fingerprint density at radius 1 is 1.36 bits per heavy atom. The maximum Gasteiger partial charge on any atom is 0.405 e. The third kappa shape index (κ3) is 5.61. The van der Waals surface area contributed by atoms with Gasteiger partial charge in [-0.15, -0.1) is 0 Å². The predicted octanol–water partition coefficient (Wildman–Crippen LogP) is 2.68. The minimum atomic E-state index is -4.46. The fourth-order valence-electron chi connectivity index (χ4n) is 3.62. The molecule has 0 spiro atoms. The first-order valence-electron chi connectivity index (χ1n) is 10.5. The summed E-state index contributed by atoms with van der Waals surface area (Å²) in [4.78, 5) is 16.3. The van der Waals surface area contributed by atoms with E-state index in [4.69, 9.17) is 5.41 Å². The van der Waals surface area contributed by atoms with Crippen molar-refractivity contribution in [3.05, 3.63) is 65.9 Å². The molecule has 1 saturated heterocycles. The smallest absolute Gasteiger partial charge is 0.385 e. The Labute approximate surface area is 188 Å². The van der Waals surface area contributed by atoms with Crippen LogP contribution in [0, 0.1) is 5.41 Å². The molecule has 8 nitrogen and oxygen atoms in total. The van der Waals surface area contributed by atoms with Crippen molar-refractivity contribution in [3.8, 4) is 0 Å². The van der Waals surface area contributed by atoms with E-state index in [-0.39, 0.29) is 5.92 Å². The van der Waals surface area contributed by atoms with E-state index in [2.05, 4.69) is 20.9 Å². The van der Waals surface area contributed by atoms with E-state index in [0.717, 1.165) is 29.9 Å². The molecular weight excluding hydrogens is 435 g/mol. The maximum atomic E-state index is 12.3. The molecule has 1 unspecified atom stereocenters. The molecular formula is C22H24F3N7O. The SMILES string of the molecule is N=C/C(=C\NC1CNC1)c1ccn2c(C3C=CC=C(NC(=O)NCC(F)(F)F)C3)cnc2c1. The van der Waals surface area contributed by atoms with Gasteiger partial charge in [-0.3, -0.25) is 0 Å². The second kappa shape index (κ2) is 9.49. The van der Waals surface area contributed by atoms with Gasteiger partial charge in [-0.25, -0.2) is 9.78 Å². The van der Waals surface area contributed by atoms with Gasteiger partial charge >= 0.3 is 12.2 Å². The minimum Gasteiger partial charge on any atom is -0.385 e. The summed E-state index contributed by atoms with van der Waals surface area (Å²) in [5, 5.41) is 18.5. The number of nitrogens with one attached hydrogen (secondary N) is 5. The molecule has 1 atom stereocenters. The van der Waals surface area contributed by atoms with Crippen LogP contribution in [-0.2, 0) is 0 Å². The topological polar surface area (TPSA) is 106 Å². The maximum absolute atomic E-state index is 12.3. The Bertz CT molecular complexity index is 1130. The van der Waals surface area contributed by atoms with E-state index in [1.54, 1.807) is 23.7 Å². The monoisotopic (exact) mass is 459 g/mol. The van der Waals surface area contributed by atoms with Crippen LogP contribution in [0.2, 0.25) is 0 Å². The first kappa shape index (κ1) is 22.6. The van der Waals surface area contributed by atoms with E-state index in [0.29, 0.717) is 23.8 Å². The van der Waals surface area contributed by atoms with Crippen LogP contribution in [0.25, 0.3) is 11.2 Å². The molecule has 174 valence electrons. The molecule has 2 aromatic heterocycles. The van der Waals surface area contributed by atoms with Crippen LogP contribution in [-0.4, -0.2) is 53.5 Å². The number of carbonyl (C=O) groups excluding carboxylic acids is 1. The number of allylic oxidation sites excluding steroid dienone is 5. The van der Waals surface area contributed by atoms with Crippen molar-refractivity contribution in [2.45, 2.75) is 24.6 Å². The van der Waals surface area contributed by atoms with Crippen molar-refractivity contribution in [1.82, 2.24) is 30.7 Å². The van der Waals surface area contributed by atoms with Crippen LogP contribution in [0.3, 0.4) is 0 Å². The number of nitrogens with zero attached hydrogens (tertiary/aromatic N) is 2. The Balaban J connectivity index is 1.44. The highest BCUT2D eigenvalue weighted by Gasteiger charge is 2.28. The summed E-state index contributed by atoms with van der Waals surface area (Å²) in [6, 6.07) is 3.27. The number of rotatable bonds is 7. The Morgan fingerprint density at radius 3 is 2.88 bits per heavy atom. The number of halogens is 3. The molecule has 5 N–H and O–H groups in total. The number of pyridine rings is 1. The van der Waals surface area contributed by atoms with E-state index in [1.807, 2.05) is 35.0 Å². The van der Waals surface area contributed by atoms with Crippen LogP contribution in [0.5, 0.6) is 0 Å². The highest BCUT2D eigenvalue weighted by molar-refractivity contribution is 6.08. The zero-order valence-electron chi connectivity index (χ0n) is 17.6. The van der Waals surface area contributed by atoms with Gasteiger partial charge in [0.25, 0.3) is 0 Å². The number of alkyl halides is 3.